The average molecular weight is 338 g/mol. The van der Waals surface area contributed by atoms with Crippen molar-refractivity contribution < 1.29 is 8.78 Å². The molecular formula is C16H20F2N4S. The second kappa shape index (κ2) is 8.01. The summed E-state index contributed by atoms with van der Waals surface area (Å²) in [7, 11) is 1.64. The highest BCUT2D eigenvalue weighted by Crippen LogP contribution is 2.17. The number of nitrogens with one attached hydrogen (secondary N) is 2. The fourth-order valence-corrected chi connectivity index (χ4v) is 2.88. The van der Waals surface area contributed by atoms with Crippen LogP contribution in [-0.2, 0) is 13.0 Å². The number of thiazole rings is 1. The van der Waals surface area contributed by atoms with Crippen molar-refractivity contribution in [3.63, 3.8) is 0 Å². The summed E-state index contributed by atoms with van der Waals surface area (Å²) < 4.78 is 26.8. The molecule has 2 rings (SSSR count). The number of aliphatic imine (C=N–C) groups is 1. The Morgan fingerprint density at radius 3 is 2.78 bits per heavy atom. The monoisotopic (exact) mass is 338 g/mol. The molecule has 1 aromatic carbocycles. The van der Waals surface area contributed by atoms with Crippen LogP contribution >= 0.6 is 11.3 Å². The van der Waals surface area contributed by atoms with Crippen molar-refractivity contribution in [2.24, 2.45) is 4.99 Å². The molecule has 23 heavy (non-hydrogen) atoms. The van der Waals surface area contributed by atoms with Crippen molar-refractivity contribution in [1.29, 1.82) is 0 Å². The number of rotatable bonds is 5. The van der Waals surface area contributed by atoms with E-state index in [0.717, 1.165) is 17.5 Å². The summed E-state index contributed by atoms with van der Waals surface area (Å²) in [6, 6.07) is 3.22. The van der Waals surface area contributed by atoms with E-state index in [4.69, 9.17) is 0 Å². The lowest BCUT2D eigenvalue weighted by Crippen LogP contribution is -2.38. The molecule has 0 amide bonds. The summed E-state index contributed by atoms with van der Waals surface area (Å²) in [6.07, 6.45) is 2.83. The minimum absolute atomic E-state index is 0.343. The minimum Gasteiger partial charge on any atom is -0.350 e. The zero-order chi connectivity index (χ0) is 16.8. The first-order valence-electron chi connectivity index (χ1n) is 7.39. The Labute approximate surface area is 138 Å². The molecular weight excluding hydrogens is 318 g/mol. The molecule has 0 bridgehead atoms. The topological polar surface area (TPSA) is 49.3 Å². The van der Waals surface area contributed by atoms with E-state index in [9.17, 15) is 8.78 Å². The van der Waals surface area contributed by atoms with Crippen LogP contribution in [0.3, 0.4) is 0 Å². The van der Waals surface area contributed by atoms with Crippen LogP contribution in [0.15, 0.2) is 29.4 Å². The Hall–Kier alpha value is -2.02. The fraction of sp³-hybridized carbons (Fsp3) is 0.375. The van der Waals surface area contributed by atoms with Gasteiger partial charge in [0.05, 0.1) is 12.6 Å². The lowest BCUT2D eigenvalue weighted by Gasteiger charge is -2.18. The summed E-state index contributed by atoms with van der Waals surface area (Å²) in [4.78, 5) is 9.67. The number of aromatic nitrogens is 1. The maximum atomic E-state index is 13.8. The molecule has 2 N–H and O–H groups in total. The van der Waals surface area contributed by atoms with Gasteiger partial charge < -0.3 is 10.6 Å². The normalized spacial score (nSPS) is 13.0. The first kappa shape index (κ1) is 17.3. The van der Waals surface area contributed by atoms with E-state index in [1.807, 2.05) is 6.20 Å². The first-order valence-corrected chi connectivity index (χ1v) is 8.20. The van der Waals surface area contributed by atoms with Crippen molar-refractivity contribution >= 4 is 17.3 Å². The molecule has 0 fully saturated rings. The van der Waals surface area contributed by atoms with Crippen molar-refractivity contribution in [2.75, 3.05) is 7.05 Å². The Morgan fingerprint density at radius 2 is 2.17 bits per heavy atom. The minimum atomic E-state index is -0.587. The smallest absolute Gasteiger partial charge is 0.191 e. The Kier molecular flexibility index (Phi) is 6.04. The summed E-state index contributed by atoms with van der Waals surface area (Å²) in [5.74, 6) is -0.626. The fourth-order valence-electron chi connectivity index (χ4n) is 2.08. The van der Waals surface area contributed by atoms with Gasteiger partial charge in [-0.3, -0.25) is 4.99 Å². The summed E-state index contributed by atoms with van der Waals surface area (Å²) in [6.45, 7) is 4.43. The predicted molar refractivity (Wildman–Crippen MR) is 89.6 cm³/mol. The maximum absolute atomic E-state index is 13.8. The molecule has 1 atom stereocenters. The van der Waals surface area contributed by atoms with Crippen LogP contribution in [0.5, 0.6) is 0 Å². The van der Waals surface area contributed by atoms with E-state index in [0.29, 0.717) is 18.1 Å². The van der Waals surface area contributed by atoms with Crippen molar-refractivity contribution in [1.82, 2.24) is 15.6 Å². The van der Waals surface area contributed by atoms with Gasteiger partial charge in [0.2, 0.25) is 0 Å². The predicted octanol–water partition coefficient (Wildman–Crippen LogP) is 3.41. The standard InChI is InChI=1S/C16H20F2N4S/c1-4-12-8-20-15(23-12)9-21-16(19-3)22-10(2)13-6-5-11(17)7-14(13)18/h5-8,10H,4,9H2,1-3H3,(H2,19,21,22). The molecule has 1 unspecified atom stereocenters. The third-order valence-corrected chi connectivity index (χ3v) is 4.50. The van der Waals surface area contributed by atoms with Gasteiger partial charge in [-0.05, 0) is 19.4 Å². The molecule has 1 heterocycles. The lowest BCUT2D eigenvalue weighted by atomic mass is 10.1. The summed E-state index contributed by atoms with van der Waals surface area (Å²) in [5, 5.41) is 7.20. The van der Waals surface area contributed by atoms with Gasteiger partial charge in [-0.2, -0.15) is 0 Å². The van der Waals surface area contributed by atoms with Gasteiger partial charge in [-0.15, -0.1) is 11.3 Å². The van der Waals surface area contributed by atoms with Crippen LogP contribution < -0.4 is 10.6 Å². The third-order valence-electron chi connectivity index (χ3n) is 3.36. The van der Waals surface area contributed by atoms with Crippen LogP contribution in [0.2, 0.25) is 0 Å². The first-order chi connectivity index (χ1) is 11.0. The highest BCUT2D eigenvalue weighted by molar-refractivity contribution is 7.11. The molecule has 1 aromatic heterocycles. The largest absolute Gasteiger partial charge is 0.350 e. The number of halogens is 2. The Morgan fingerprint density at radius 1 is 1.39 bits per heavy atom. The SMILES string of the molecule is CCc1cnc(CNC(=NC)NC(C)c2ccc(F)cc2F)s1. The molecule has 7 heteroatoms. The zero-order valence-electron chi connectivity index (χ0n) is 13.4. The second-order valence-corrected chi connectivity index (χ2v) is 6.23. The van der Waals surface area contributed by atoms with Crippen LogP contribution in [-0.4, -0.2) is 18.0 Å². The molecule has 4 nitrogen and oxygen atoms in total. The quantitative estimate of drug-likeness (QED) is 0.649. The van der Waals surface area contributed by atoms with E-state index in [1.54, 1.807) is 25.3 Å². The Bertz CT molecular complexity index is 684. The Balaban J connectivity index is 1.96. The number of aryl methyl sites for hydroxylation is 1. The van der Waals surface area contributed by atoms with E-state index < -0.39 is 11.6 Å². The maximum Gasteiger partial charge on any atom is 0.191 e. The second-order valence-electron chi connectivity index (χ2n) is 5.03. The highest BCUT2D eigenvalue weighted by Gasteiger charge is 2.13. The highest BCUT2D eigenvalue weighted by atomic mass is 32.1. The molecule has 2 aromatic rings. The summed E-state index contributed by atoms with van der Waals surface area (Å²) >= 11 is 1.65. The molecule has 0 aliphatic rings. The number of guanidine groups is 1. The molecule has 0 radical (unpaired) electrons. The average Bonchev–Trinajstić information content (AvgIpc) is 2.99. The zero-order valence-corrected chi connectivity index (χ0v) is 14.2. The van der Waals surface area contributed by atoms with Gasteiger partial charge in [0.1, 0.15) is 16.6 Å². The van der Waals surface area contributed by atoms with Crippen LogP contribution in [0.25, 0.3) is 0 Å². The van der Waals surface area contributed by atoms with Crippen molar-refractivity contribution in [3.05, 3.63) is 51.5 Å². The van der Waals surface area contributed by atoms with Gasteiger partial charge >= 0.3 is 0 Å². The van der Waals surface area contributed by atoms with Crippen LogP contribution in [0, 0.1) is 11.6 Å². The molecule has 0 saturated heterocycles. The van der Waals surface area contributed by atoms with Crippen molar-refractivity contribution in [2.45, 2.75) is 32.9 Å². The van der Waals surface area contributed by atoms with Gasteiger partial charge in [0.25, 0.3) is 0 Å². The van der Waals surface area contributed by atoms with Gasteiger partial charge in [0, 0.05) is 29.8 Å². The molecule has 0 aliphatic heterocycles. The number of benzene rings is 1. The molecule has 0 saturated carbocycles. The van der Waals surface area contributed by atoms with E-state index in [2.05, 4.69) is 27.5 Å². The van der Waals surface area contributed by atoms with E-state index in [-0.39, 0.29) is 6.04 Å². The van der Waals surface area contributed by atoms with Gasteiger partial charge in [0.15, 0.2) is 5.96 Å². The molecule has 0 aliphatic carbocycles. The third kappa shape index (κ3) is 4.72. The van der Waals surface area contributed by atoms with E-state index in [1.165, 1.54) is 17.0 Å². The number of nitrogens with zero attached hydrogens (tertiary/aromatic N) is 2. The summed E-state index contributed by atoms with van der Waals surface area (Å²) in [5.41, 5.74) is 0.386. The van der Waals surface area contributed by atoms with E-state index >= 15 is 0 Å². The molecule has 124 valence electrons. The lowest BCUT2D eigenvalue weighted by molar-refractivity contribution is 0.550. The number of hydrogen-bond acceptors (Lipinski definition) is 3. The van der Waals surface area contributed by atoms with Crippen molar-refractivity contribution in [3.8, 4) is 0 Å². The number of hydrogen-bond donors (Lipinski definition) is 2. The molecule has 0 spiro atoms. The van der Waals surface area contributed by atoms with Crippen LogP contribution in [0.1, 0.15) is 35.3 Å². The van der Waals surface area contributed by atoms with Gasteiger partial charge in [-0.25, -0.2) is 13.8 Å². The van der Waals surface area contributed by atoms with Crippen LogP contribution in [0.4, 0.5) is 8.78 Å². The van der Waals surface area contributed by atoms with Gasteiger partial charge in [-0.1, -0.05) is 13.0 Å².